The summed E-state index contributed by atoms with van der Waals surface area (Å²) in [6.07, 6.45) is 0. The lowest BCUT2D eigenvalue weighted by atomic mass is 9.95. The lowest BCUT2D eigenvalue weighted by Crippen LogP contribution is -2.03. The summed E-state index contributed by atoms with van der Waals surface area (Å²) in [5, 5.41) is 7.18. The van der Waals surface area contributed by atoms with Crippen LogP contribution in [0.4, 0.5) is 0 Å². The zero-order valence-corrected chi connectivity index (χ0v) is 37.3. The summed E-state index contributed by atoms with van der Waals surface area (Å²) in [5.74, 6) is 1.81. The van der Waals surface area contributed by atoms with Crippen molar-refractivity contribution < 1.29 is 0 Å². The Morgan fingerprint density at radius 1 is 0.246 bits per heavy atom. The highest BCUT2D eigenvalue weighted by Crippen LogP contribution is 2.45. The van der Waals surface area contributed by atoms with Crippen LogP contribution in [0.15, 0.2) is 243 Å². The van der Waals surface area contributed by atoms with Gasteiger partial charge in [0.1, 0.15) is 0 Å². The van der Waals surface area contributed by atoms with E-state index in [0.29, 0.717) is 17.5 Å². The van der Waals surface area contributed by atoms with Crippen molar-refractivity contribution in [2.24, 2.45) is 0 Å². The van der Waals surface area contributed by atoms with Gasteiger partial charge in [0.15, 0.2) is 17.5 Å². The molecule has 0 saturated carbocycles. The molecule has 6 nitrogen and oxygen atoms in total. The van der Waals surface area contributed by atoms with Crippen LogP contribution in [0.2, 0.25) is 0 Å². The first-order chi connectivity index (χ1) is 34.3. The highest BCUT2D eigenvalue weighted by molar-refractivity contribution is 6.22. The van der Waals surface area contributed by atoms with E-state index in [2.05, 4.69) is 238 Å². The Balaban J connectivity index is 0.993. The molecule has 4 heterocycles. The van der Waals surface area contributed by atoms with E-state index in [1.54, 1.807) is 0 Å². The lowest BCUT2D eigenvalue weighted by molar-refractivity contribution is 1.06. The fraction of sp³-hybridized carbons (Fsp3) is 0. The predicted molar refractivity (Wildman–Crippen MR) is 285 cm³/mol. The second-order valence-electron chi connectivity index (χ2n) is 17.5. The summed E-state index contributed by atoms with van der Waals surface area (Å²) in [6, 6.07) is 86.2. The van der Waals surface area contributed by atoms with Gasteiger partial charge in [0.2, 0.25) is 0 Å². The van der Waals surface area contributed by atoms with E-state index in [9.17, 15) is 0 Å². The summed E-state index contributed by atoms with van der Waals surface area (Å²) >= 11 is 0. The molecule has 10 aromatic carbocycles. The van der Waals surface area contributed by atoms with E-state index in [1.807, 2.05) is 18.2 Å². The second-order valence-corrected chi connectivity index (χ2v) is 17.5. The number of para-hydroxylation sites is 6. The molecule has 0 N–H and O–H groups in total. The third-order valence-electron chi connectivity index (χ3n) is 13.7. The Morgan fingerprint density at radius 2 is 0.667 bits per heavy atom. The molecule has 0 radical (unpaired) electrons. The van der Waals surface area contributed by atoms with Gasteiger partial charge in [0.25, 0.3) is 0 Å². The molecule has 0 unspecified atom stereocenters. The van der Waals surface area contributed by atoms with Crippen LogP contribution in [0.5, 0.6) is 0 Å². The number of benzene rings is 10. The number of hydrogen-bond acceptors (Lipinski definition) is 3. The first-order valence-corrected chi connectivity index (χ1v) is 23.4. The van der Waals surface area contributed by atoms with Gasteiger partial charge in [-0.2, -0.15) is 0 Å². The van der Waals surface area contributed by atoms with Crippen molar-refractivity contribution in [1.29, 1.82) is 0 Å². The van der Waals surface area contributed by atoms with Gasteiger partial charge in [-0.25, -0.2) is 15.0 Å². The van der Waals surface area contributed by atoms with Crippen molar-refractivity contribution in [3.63, 3.8) is 0 Å². The predicted octanol–water partition coefficient (Wildman–Crippen LogP) is 15.8. The lowest BCUT2D eigenvalue weighted by Gasteiger charge is -2.15. The van der Waals surface area contributed by atoms with Crippen molar-refractivity contribution in [1.82, 2.24) is 28.7 Å². The first-order valence-electron chi connectivity index (χ1n) is 23.4. The summed E-state index contributed by atoms with van der Waals surface area (Å²) in [5.41, 5.74) is 15.1. The Labute approximate surface area is 397 Å². The molecule has 322 valence electrons. The van der Waals surface area contributed by atoms with Crippen LogP contribution in [0.25, 0.3) is 128 Å². The number of fused-ring (bicyclic) bond motifs is 9. The Morgan fingerprint density at radius 3 is 1.30 bits per heavy atom. The number of aromatic nitrogens is 6. The zero-order valence-electron chi connectivity index (χ0n) is 37.3. The monoisotopic (exact) mass is 880 g/mol. The summed E-state index contributed by atoms with van der Waals surface area (Å²) in [6.45, 7) is 0. The van der Waals surface area contributed by atoms with Gasteiger partial charge in [0, 0.05) is 60.4 Å². The minimum absolute atomic E-state index is 0.596. The molecule has 0 aliphatic heterocycles. The van der Waals surface area contributed by atoms with Gasteiger partial charge in [-0.05, 0) is 83.9 Å². The molecule has 14 rings (SSSR count). The zero-order chi connectivity index (χ0) is 45.4. The average molecular weight is 881 g/mol. The third-order valence-corrected chi connectivity index (χ3v) is 13.7. The highest BCUT2D eigenvalue weighted by atomic mass is 15.1. The topological polar surface area (TPSA) is 53.5 Å². The maximum absolute atomic E-state index is 5.40. The normalized spacial score (nSPS) is 11.8. The minimum Gasteiger partial charge on any atom is -0.309 e. The quantitative estimate of drug-likeness (QED) is 0.160. The Bertz CT molecular complexity index is 4300. The molecular formula is C63H40N6. The smallest absolute Gasteiger partial charge is 0.166 e. The minimum atomic E-state index is 0.596. The number of rotatable bonds is 7. The molecule has 0 saturated heterocycles. The van der Waals surface area contributed by atoms with Gasteiger partial charge in [-0.3, -0.25) is 0 Å². The van der Waals surface area contributed by atoms with Crippen molar-refractivity contribution in [3.8, 4) is 62.4 Å². The van der Waals surface area contributed by atoms with Crippen LogP contribution in [-0.4, -0.2) is 28.7 Å². The highest BCUT2D eigenvalue weighted by Gasteiger charge is 2.23. The van der Waals surface area contributed by atoms with E-state index >= 15 is 0 Å². The largest absolute Gasteiger partial charge is 0.309 e. The molecule has 6 heteroatoms. The molecule has 4 aromatic heterocycles. The molecule has 14 aromatic rings. The van der Waals surface area contributed by atoms with Gasteiger partial charge >= 0.3 is 0 Å². The van der Waals surface area contributed by atoms with Crippen LogP contribution < -0.4 is 0 Å². The molecule has 0 spiro atoms. The third kappa shape index (κ3) is 6.09. The fourth-order valence-corrected chi connectivity index (χ4v) is 10.8. The van der Waals surface area contributed by atoms with Gasteiger partial charge in [-0.15, -0.1) is 0 Å². The number of nitrogens with zero attached hydrogens (tertiary/aromatic N) is 6. The fourth-order valence-electron chi connectivity index (χ4n) is 10.8. The van der Waals surface area contributed by atoms with Crippen LogP contribution in [0, 0.1) is 0 Å². The number of hydrogen-bond donors (Lipinski definition) is 0. The second kappa shape index (κ2) is 15.6. The molecular weight excluding hydrogens is 841 g/mol. The van der Waals surface area contributed by atoms with E-state index in [0.717, 1.165) is 55.8 Å². The van der Waals surface area contributed by atoms with Crippen LogP contribution in [-0.2, 0) is 0 Å². The summed E-state index contributed by atoms with van der Waals surface area (Å²) < 4.78 is 7.12. The van der Waals surface area contributed by atoms with Crippen molar-refractivity contribution in [2.45, 2.75) is 0 Å². The molecule has 0 aliphatic carbocycles. The first kappa shape index (κ1) is 38.8. The SMILES string of the molecule is c1ccc(-c2nc(-c3ccc4c5ccccc5n(-c5ccccc5)c4c3)nc(-c3ccccc3-n3c4ccccc4c4c(-c5cccc6c5c5ccccc5n6-c5ccccc5)cccc43)n2)cc1. The Kier molecular flexibility index (Phi) is 8.79. The average Bonchev–Trinajstić information content (AvgIpc) is 4.07. The molecule has 0 aliphatic rings. The van der Waals surface area contributed by atoms with E-state index < -0.39 is 0 Å². The summed E-state index contributed by atoms with van der Waals surface area (Å²) in [7, 11) is 0. The molecule has 0 atom stereocenters. The molecule has 0 bridgehead atoms. The van der Waals surface area contributed by atoms with Crippen molar-refractivity contribution in [3.05, 3.63) is 243 Å². The van der Waals surface area contributed by atoms with Crippen LogP contribution >= 0.6 is 0 Å². The van der Waals surface area contributed by atoms with Gasteiger partial charge in [-0.1, -0.05) is 170 Å². The standard InChI is InChI=1S/C63H40N6/c1-4-20-41(21-5-1)61-64-62(42-38-39-46-45-26-10-14-32-52(45)68(58(46)40-42)44-24-8-3-9-25-44)66-63(65-61)51-29-13-17-35-55(51)69-54-34-16-12-28-50(54)60-48(31-19-37-57(60)69)47-30-18-36-56-59(47)49-27-11-15-33-53(49)67(56)43-22-6-2-7-23-43/h1-40H. The van der Waals surface area contributed by atoms with Crippen LogP contribution in [0.3, 0.4) is 0 Å². The van der Waals surface area contributed by atoms with E-state index in [-0.39, 0.29) is 0 Å². The van der Waals surface area contributed by atoms with E-state index in [4.69, 9.17) is 15.0 Å². The van der Waals surface area contributed by atoms with Crippen molar-refractivity contribution >= 4 is 65.4 Å². The maximum Gasteiger partial charge on any atom is 0.166 e. The van der Waals surface area contributed by atoms with Gasteiger partial charge < -0.3 is 13.7 Å². The molecule has 0 amide bonds. The van der Waals surface area contributed by atoms with E-state index in [1.165, 1.54) is 54.5 Å². The Hall–Kier alpha value is -9.39. The molecule has 0 fully saturated rings. The van der Waals surface area contributed by atoms with Crippen molar-refractivity contribution in [2.75, 3.05) is 0 Å². The summed E-state index contributed by atoms with van der Waals surface area (Å²) in [4.78, 5) is 15.9. The molecule has 69 heavy (non-hydrogen) atoms. The van der Waals surface area contributed by atoms with Gasteiger partial charge in [0.05, 0.1) is 38.8 Å². The maximum atomic E-state index is 5.40. The van der Waals surface area contributed by atoms with Crippen LogP contribution in [0.1, 0.15) is 0 Å².